The Labute approximate surface area is 186 Å². The van der Waals surface area contributed by atoms with Crippen molar-refractivity contribution in [2.45, 2.75) is 31.6 Å². The molecule has 11 heteroatoms. The van der Waals surface area contributed by atoms with Gasteiger partial charge >= 0.3 is 6.03 Å². The van der Waals surface area contributed by atoms with Crippen LogP contribution in [0.1, 0.15) is 24.9 Å². The van der Waals surface area contributed by atoms with E-state index in [1.807, 2.05) is 0 Å². The maximum Gasteiger partial charge on any atom is 0.341 e. The van der Waals surface area contributed by atoms with Crippen molar-refractivity contribution < 1.29 is 32.2 Å². The minimum absolute atomic E-state index is 0.0726. The maximum atomic E-state index is 14.4. The summed E-state index contributed by atoms with van der Waals surface area (Å²) in [6, 6.07) is 4.54. The van der Waals surface area contributed by atoms with Crippen LogP contribution in [0.25, 0.3) is 0 Å². The number of nitrogens with one attached hydrogen (secondary N) is 1. The number of carbonyl (C=O) groups is 2. The first-order valence-electron chi connectivity index (χ1n) is 10.3. The molecule has 1 saturated heterocycles. The molecule has 3 aliphatic heterocycles. The second-order valence-electron chi connectivity index (χ2n) is 8.05. The zero-order chi connectivity index (χ0) is 23.3. The van der Waals surface area contributed by atoms with Crippen LogP contribution in [0.2, 0.25) is 0 Å². The molecule has 0 radical (unpaired) electrons. The fraction of sp³-hybridized carbons (Fsp3) is 0.318. The third-order valence-electron chi connectivity index (χ3n) is 5.67. The van der Waals surface area contributed by atoms with Crippen LogP contribution in [0.5, 0.6) is 11.5 Å². The van der Waals surface area contributed by atoms with E-state index < -0.39 is 41.7 Å². The number of carbonyl (C=O) groups excluding carboxylic acids is 2. The lowest BCUT2D eigenvalue weighted by Gasteiger charge is -2.41. The maximum absolute atomic E-state index is 14.4. The van der Waals surface area contributed by atoms with Crippen LogP contribution < -0.4 is 14.8 Å². The molecule has 0 aromatic heterocycles. The quantitative estimate of drug-likeness (QED) is 0.761. The predicted molar refractivity (Wildman–Crippen MR) is 111 cm³/mol. The van der Waals surface area contributed by atoms with Gasteiger partial charge in [0, 0.05) is 30.8 Å². The fourth-order valence-electron chi connectivity index (χ4n) is 3.94. The van der Waals surface area contributed by atoms with E-state index in [0.717, 1.165) is 12.1 Å². The van der Waals surface area contributed by atoms with E-state index in [4.69, 9.17) is 9.47 Å². The van der Waals surface area contributed by atoms with Crippen molar-refractivity contribution in [3.63, 3.8) is 0 Å². The number of nitrogens with zero attached hydrogens (tertiary/aromatic N) is 3. The molecule has 2 unspecified atom stereocenters. The molecule has 2 atom stereocenters. The van der Waals surface area contributed by atoms with Gasteiger partial charge in [0.2, 0.25) is 0 Å². The highest BCUT2D eigenvalue weighted by Crippen LogP contribution is 2.37. The molecule has 0 bridgehead atoms. The second-order valence-corrected chi connectivity index (χ2v) is 8.05. The minimum Gasteiger partial charge on any atom is -0.484 e. The molecule has 0 saturated carbocycles. The number of amides is 3. The number of ether oxygens (including phenoxy) is 2. The van der Waals surface area contributed by atoms with Crippen molar-refractivity contribution in [3.8, 4) is 11.5 Å². The average molecular weight is 460 g/mol. The van der Waals surface area contributed by atoms with Gasteiger partial charge in [0.15, 0.2) is 17.7 Å². The highest BCUT2D eigenvalue weighted by Gasteiger charge is 2.39. The molecule has 33 heavy (non-hydrogen) atoms. The minimum atomic E-state index is -0.732. The van der Waals surface area contributed by atoms with Crippen molar-refractivity contribution in [1.82, 2.24) is 9.91 Å². The van der Waals surface area contributed by atoms with E-state index in [9.17, 15) is 22.8 Å². The summed E-state index contributed by atoms with van der Waals surface area (Å²) in [4.78, 5) is 26.1. The fourth-order valence-corrected chi connectivity index (χ4v) is 3.94. The van der Waals surface area contributed by atoms with Crippen LogP contribution in [0.4, 0.5) is 23.7 Å². The lowest BCUT2D eigenvalue weighted by molar-refractivity contribution is -0.122. The van der Waals surface area contributed by atoms with Gasteiger partial charge in [-0.25, -0.2) is 23.0 Å². The zero-order valence-electron chi connectivity index (χ0n) is 17.4. The van der Waals surface area contributed by atoms with Gasteiger partial charge in [-0.2, -0.15) is 5.10 Å². The molecule has 5 rings (SSSR count). The van der Waals surface area contributed by atoms with Gasteiger partial charge in [-0.1, -0.05) is 0 Å². The first kappa shape index (κ1) is 21.1. The van der Waals surface area contributed by atoms with Crippen LogP contribution in [0.15, 0.2) is 35.4 Å². The predicted octanol–water partition coefficient (Wildman–Crippen LogP) is 3.44. The Hall–Kier alpha value is -3.76. The van der Waals surface area contributed by atoms with Gasteiger partial charge in [-0.3, -0.25) is 4.79 Å². The molecule has 0 aliphatic carbocycles. The molecule has 2 aromatic rings. The summed E-state index contributed by atoms with van der Waals surface area (Å²) in [5, 5.41) is 7.86. The lowest BCUT2D eigenvalue weighted by Crippen LogP contribution is -2.58. The summed E-state index contributed by atoms with van der Waals surface area (Å²) in [5.74, 6) is -2.33. The molecule has 0 spiro atoms. The number of benzene rings is 2. The van der Waals surface area contributed by atoms with E-state index in [1.54, 1.807) is 6.92 Å². The number of hydrogen-bond acceptors (Lipinski definition) is 5. The topological polar surface area (TPSA) is 83.5 Å². The van der Waals surface area contributed by atoms with Crippen molar-refractivity contribution in [2.75, 3.05) is 18.4 Å². The van der Waals surface area contributed by atoms with Crippen LogP contribution in [-0.4, -0.2) is 53.4 Å². The van der Waals surface area contributed by atoms with Gasteiger partial charge < -0.3 is 19.7 Å². The normalized spacial score (nSPS) is 21.9. The van der Waals surface area contributed by atoms with Crippen LogP contribution in [0.3, 0.4) is 0 Å². The third-order valence-corrected chi connectivity index (χ3v) is 5.67. The number of halogens is 3. The Kier molecular flexibility index (Phi) is 5.10. The van der Waals surface area contributed by atoms with Crippen molar-refractivity contribution >= 4 is 23.8 Å². The van der Waals surface area contributed by atoms with Crippen molar-refractivity contribution in [1.29, 1.82) is 0 Å². The van der Waals surface area contributed by atoms with Gasteiger partial charge in [0.1, 0.15) is 23.5 Å². The molecule has 3 amide bonds. The Bertz CT molecular complexity index is 1150. The Morgan fingerprint density at radius 1 is 1.15 bits per heavy atom. The SMILES string of the molecule is CC1Oc2cc(F)c(OC3CN(C(=O)N4N=CCC4c4cc(F)cc(F)c4)C3)cc2NC1=O. The molecule has 1 fully saturated rings. The Morgan fingerprint density at radius 2 is 1.88 bits per heavy atom. The lowest BCUT2D eigenvalue weighted by atomic mass is 10.0. The van der Waals surface area contributed by atoms with Crippen LogP contribution in [0, 0.1) is 17.5 Å². The Morgan fingerprint density at radius 3 is 2.61 bits per heavy atom. The zero-order valence-corrected chi connectivity index (χ0v) is 17.4. The van der Waals surface area contributed by atoms with Gasteiger partial charge in [0.05, 0.1) is 24.8 Å². The molecule has 3 heterocycles. The molecule has 172 valence electrons. The summed E-state index contributed by atoms with van der Waals surface area (Å²) < 4.78 is 52.7. The highest BCUT2D eigenvalue weighted by atomic mass is 19.1. The third kappa shape index (κ3) is 3.94. The number of hydrazone groups is 1. The van der Waals surface area contributed by atoms with Crippen molar-refractivity contribution in [3.05, 3.63) is 53.3 Å². The molecule has 2 aromatic carbocycles. The summed E-state index contributed by atoms with van der Waals surface area (Å²) >= 11 is 0. The number of rotatable bonds is 3. The summed E-state index contributed by atoms with van der Waals surface area (Å²) in [6.07, 6.45) is 0.640. The number of hydrogen-bond donors (Lipinski definition) is 1. The molecule has 8 nitrogen and oxygen atoms in total. The summed E-state index contributed by atoms with van der Waals surface area (Å²) in [5.41, 5.74) is 0.611. The number of urea groups is 1. The standard InChI is InChI=1S/C22H19F3N4O4/c1-11-21(30)27-17-8-19(16(25)7-20(17)32-11)33-15-9-28(10-15)22(31)29-18(2-3-26-29)12-4-13(23)6-14(24)5-12/h3-8,11,15,18H,2,9-10H2,1H3,(H,27,30). The van der Waals surface area contributed by atoms with Crippen LogP contribution in [-0.2, 0) is 4.79 Å². The van der Waals surface area contributed by atoms with E-state index in [2.05, 4.69) is 10.4 Å². The van der Waals surface area contributed by atoms with Gasteiger partial charge in [-0.05, 0) is 24.6 Å². The van der Waals surface area contributed by atoms with Crippen molar-refractivity contribution in [2.24, 2.45) is 5.10 Å². The number of anilines is 1. The molecular weight excluding hydrogens is 441 g/mol. The summed E-state index contributed by atoms with van der Waals surface area (Å²) in [7, 11) is 0. The smallest absolute Gasteiger partial charge is 0.341 e. The highest BCUT2D eigenvalue weighted by molar-refractivity contribution is 5.97. The Balaban J connectivity index is 1.23. The number of likely N-dealkylation sites (tertiary alicyclic amines) is 1. The van der Waals surface area contributed by atoms with E-state index in [-0.39, 0.29) is 30.5 Å². The first-order valence-corrected chi connectivity index (χ1v) is 10.3. The van der Waals surface area contributed by atoms with Gasteiger partial charge in [-0.15, -0.1) is 0 Å². The molecular formula is C22H19F3N4O4. The van der Waals surface area contributed by atoms with Gasteiger partial charge in [0.25, 0.3) is 5.91 Å². The summed E-state index contributed by atoms with van der Waals surface area (Å²) in [6.45, 7) is 1.90. The number of fused-ring (bicyclic) bond motifs is 1. The average Bonchev–Trinajstić information content (AvgIpc) is 3.21. The molecule has 1 N–H and O–H groups in total. The first-order chi connectivity index (χ1) is 15.8. The molecule has 3 aliphatic rings. The van der Waals surface area contributed by atoms with E-state index in [0.29, 0.717) is 17.7 Å². The second kappa shape index (κ2) is 7.98. The largest absolute Gasteiger partial charge is 0.484 e. The monoisotopic (exact) mass is 460 g/mol. The van der Waals surface area contributed by atoms with Crippen LogP contribution >= 0.6 is 0 Å². The van der Waals surface area contributed by atoms with E-state index >= 15 is 0 Å². The van der Waals surface area contributed by atoms with E-state index in [1.165, 1.54) is 34.3 Å².